The van der Waals surface area contributed by atoms with Crippen molar-refractivity contribution >= 4 is 16.3 Å². The zero-order chi connectivity index (χ0) is 11.5. The maximum atomic E-state index is 5.97. The standard InChI is InChI=1S/C12H15N3S/c1-3-4-10-15-11(12(13)16-10)9-6-5-8(2)14-7-9/h5-7H,3-4,13H2,1-2H3. The first kappa shape index (κ1) is 11.1. The van der Waals surface area contributed by atoms with Gasteiger partial charge in [0.05, 0.1) is 5.01 Å². The van der Waals surface area contributed by atoms with Gasteiger partial charge >= 0.3 is 0 Å². The summed E-state index contributed by atoms with van der Waals surface area (Å²) < 4.78 is 0. The normalized spacial score (nSPS) is 10.6. The van der Waals surface area contributed by atoms with Crippen LogP contribution in [-0.2, 0) is 6.42 Å². The first-order chi connectivity index (χ1) is 7.70. The van der Waals surface area contributed by atoms with Gasteiger partial charge in [0.1, 0.15) is 10.7 Å². The number of aryl methyl sites for hydroxylation is 2. The Hall–Kier alpha value is -1.42. The van der Waals surface area contributed by atoms with Gasteiger partial charge in [0, 0.05) is 17.5 Å². The molecule has 0 amide bonds. The SMILES string of the molecule is CCCc1nc(-c2ccc(C)nc2)c(N)s1. The third kappa shape index (κ3) is 2.22. The molecule has 2 aromatic heterocycles. The summed E-state index contributed by atoms with van der Waals surface area (Å²) in [5.74, 6) is 0. The monoisotopic (exact) mass is 233 g/mol. The zero-order valence-corrected chi connectivity index (χ0v) is 10.3. The highest BCUT2D eigenvalue weighted by atomic mass is 32.1. The summed E-state index contributed by atoms with van der Waals surface area (Å²) >= 11 is 1.58. The van der Waals surface area contributed by atoms with Crippen LogP contribution < -0.4 is 5.73 Å². The van der Waals surface area contributed by atoms with Crippen LogP contribution in [0.25, 0.3) is 11.3 Å². The van der Waals surface area contributed by atoms with Gasteiger partial charge in [-0.2, -0.15) is 0 Å². The number of thiazole rings is 1. The van der Waals surface area contributed by atoms with Gasteiger partial charge in [0.15, 0.2) is 0 Å². The molecule has 0 fully saturated rings. The number of nitrogen functional groups attached to an aromatic ring is 1. The van der Waals surface area contributed by atoms with Gasteiger partial charge in [-0.05, 0) is 31.9 Å². The Balaban J connectivity index is 2.36. The summed E-state index contributed by atoms with van der Waals surface area (Å²) in [7, 11) is 0. The van der Waals surface area contributed by atoms with Gasteiger partial charge in [0.2, 0.25) is 0 Å². The average Bonchev–Trinajstić information content (AvgIpc) is 2.61. The van der Waals surface area contributed by atoms with Crippen LogP contribution in [0.4, 0.5) is 5.00 Å². The van der Waals surface area contributed by atoms with E-state index in [0.717, 1.165) is 39.8 Å². The van der Waals surface area contributed by atoms with E-state index in [9.17, 15) is 0 Å². The molecular formula is C12H15N3S. The van der Waals surface area contributed by atoms with Crippen LogP contribution in [0.5, 0.6) is 0 Å². The molecule has 0 saturated heterocycles. The van der Waals surface area contributed by atoms with Crippen LogP contribution in [0, 0.1) is 6.92 Å². The largest absolute Gasteiger partial charge is 0.389 e. The van der Waals surface area contributed by atoms with Gasteiger partial charge in [-0.15, -0.1) is 11.3 Å². The minimum Gasteiger partial charge on any atom is -0.389 e. The quantitative estimate of drug-likeness (QED) is 0.886. The molecular weight excluding hydrogens is 218 g/mol. The molecule has 2 aromatic rings. The maximum Gasteiger partial charge on any atom is 0.114 e. The van der Waals surface area contributed by atoms with Crippen molar-refractivity contribution in [3.63, 3.8) is 0 Å². The van der Waals surface area contributed by atoms with E-state index in [2.05, 4.69) is 16.9 Å². The minimum atomic E-state index is 0.786. The number of aromatic nitrogens is 2. The molecule has 0 spiro atoms. The predicted octanol–water partition coefficient (Wildman–Crippen LogP) is 3.05. The average molecular weight is 233 g/mol. The van der Waals surface area contributed by atoms with E-state index < -0.39 is 0 Å². The first-order valence-electron chi connectivity index (χ1n) is 5.39. The van der Waals surface area contributed by atoms with Crippen LogP contribution in [-0.4, -0.2) is 9.97 Å². The Kier molecular flexibility index (Phi) is 3.19. The van der Waals surface area contributed by atoms with Crippen molar-refractivity contribution < 1.29 is 0 Å². The van der Waals surface area contributed by atoms with Crippen LogP contribution in [0.15, 0.2) is 18.3 Å². The molecule has 0 saturated carbocycles. The highest BCUT2D eigenvalue weighted by molar-refractivity contribution is 7.16. The number of nitrogens with two attached hydrogens (primary N) is 1. The molecule has 0 aliphatic heterocycles. The predicted molar refractivity (Wildman–Crippen MR) is 68.5 cm³/mol. The lowest BCUT2D eigenvalue weighted by Crippen LogP contribution is -1.88. The Morgan fingerprint density at radius 1 is 1.38 bits per heavy atom. The highest BCUT2D eigenvalue weighted by Crippen LogP contribution is 2.30. The second-order valence-electron chi connectivity index (χ2n) is 3.76. The van der Waals surface area contributed by atoms with Gasteiger partial charge in [0.25, 0.3) is 0 Å². The van der Waals surface area contributed by atoms with E-state index in [1.807, 2.05) is 25.3 Å². The molecule has 0 aromatic carbocycles. The van der Waals surface area contributed by atoms with Crippen LogP contribution >= 0.6 is 11.3 Å². The molecule has 0 aliphatic rings. The third-order valence-corrected chi connectivity index (χ3v) is 3.29. The fraction of sp³-hybridized carbons (Fsp3) is 0.333. The molecule has 16 heavy (non-hydrogen) atoms. The lowest BCUT2D eigenvalue weighted by molar-refractivity contribution is 0.910. The van der Waals surface area contributed by atoms with Gasteiger partial charge < -0.3 is 5.73 Å². The summed E-state index contributed by atoms with van der Waals surface area (Å²) in [6, 6.07) is 4.00. The van der Waals surface area contributed by atoms with E-state index >= 15 is 0 Å². The van der Waals surface area contributed by atoms with Crippen LogP contribution in [0.1, 0.15) is 24.0 Å². The fourth-order valence-electron chi connectivity index (χ4n) is 1.51. The Labute approximate surface area is 99.4 Å². The molecule has 2 N–H and O–H groups in total. The molecule has 0 unspecified atom stereocenters. The van der Waals surface area contributed by atoms with Gasteiger partial charge in [-0.1, -0.05) is 6.92 Å². The van der Waals surface area contributed by atoms with Crippen molar-refractivity contribution in [2.45, 2.75) is 26.7 Å². The molecule has 0 aliphatic carbocycles. The number of anilines is 1. The summed E-state index contributed by atoms with van der Waals surface area (Å²) in [4.78, 5) is 8.81. The topological polar surface area (TPSA) is 51.8 Å². The van der Waals surface area contributed by atoms with Gasteiger partial charge in [-0.3, -0.25) is 4.98 Å². The summed E-state index contributed by atoms with van der Waals surface area (Å²) in [5.41, 5.74) is 8.85. The smallest absolute Gasteiger partial charge is 0.114 e. The number of hydrogen-bond donors (Lipinski definition) is 1. The second-order valence-corrected chi connectivity index (χ2v) is 4.87. The van der Waals surface area contributed by atoms with E-state index in [0.29, 0.717) is 0 Å². The van der Waals surface area contributed by atoms with E-state index in [1.54, 1.807) is 11.3 Å². The van der Waals surface area contributed by atoms with Crippen LogP contribution in [0.2, 0.25) is 0 Å². The number of hydrogen-bond acceptors (Lipinski definition) is 4. The van der Waals surface area contributed by atoms with Crippen molar-refractivity contribution in [2.75, 3.05) is 5.73 Å². The number of pyridine rings is 1. The Bertz CT molecular complexity index is 474. The van der Waals surface area contributed by atoms with Crippen LogP contribution in [0.3, 0.4) is 0 Å². The second kappa shape index (κ2) is 4.61. The number of nitrogens with zero attached hydrogens (tertiary/aromatic N) is 2. The maximum absolute atomic E-state index is 5.97. The summed E-state index contributed by atoms with van der Waals surface area (Å²) in [6.45, 7) is 4.11. The van der Waals surface area contributed by atoms with Crippen molar-refractivity contribution in [1.82, 2.24) is 9.97 Å². The molecule has 4 heteroatoms. The van der Waals surface area contributed by atoms with Crippen molar-refractivity contribution in [1.29, 1.82) is 0 Å². The molecule has 0 atom stereocenters. The van der Waals surface area contributed by atoms with E-state index in [4.69, 9.17) is 5.73 Å². The van der Waals surface area contributed by atoms with E-state index in [-0.39, 0.29) is 0 Å². The highest BCUT2D eigenvalue weighted by Gasteiger charge is 2.10. The summed E-state index contributed by atoms with van der Waals surface area (Å²) in [6.07, 6.45) is 3.92. The van der Waals surface area contributed by atoms with Crippen molar-refractivity contribution in [3.8, 4) is 11.3 Å². The van der Waals surface area contributed by atoms with E-state index in [1.165, 1.54) is 0 Å². The fourth-order valence-corrected chi connectivity index (χ4v) is 2.47. The molecule has 2 rings (SSSR count). The van der Waals surface area contributed by atoms with Crippen molar-refractivity contribution in [2.24, 2.45) is 0 Å². The minimum absolute atomic E-state index is 0.786. The molecule has 0 radical (unpaired) electrons. The van der Waals surface area contributed by atoms with Gasteiger partial charge in [-0.25, -0.2) is 4.98 Å². The Morgan fingerprint density at radius 3 is 2.81 bits per heavy atom. The zero-order valence-electron chi connectivity index (χ0n) is 9.53. The van der Waals surface area contributed by atoms with Crippen molar-refractivity contribution in [3.05, 3.63) is 29.0 Å². The number of rotatable bonds is 3. The lowest BCUT2D eigenvalue weighted by Gasteiger charge is -1.98. The third-order valence-electron chi connectivity index (χ3n) is 2.35. The lowest BCUT2D eigenvalue weighted by atomic mass is 10.2. The molecule has 84 valence electrons. The Morgan fingerprint density at radius 2 is 2.19 bits per heavy atom. The molecule has 2 heterocycles. The first-order valence-corrected chi connectivity index (χ1v) is 6.20. The molecule has 3 nitrogen and oxygen atoms in total. The summed E-state index contributed by atoms with van der Waals surface area (Å²) in [5, 5.41) is 1.89. The molecule has 0 bridgehead atoms.